The van der Waals surface area contributed by atoms with Gasteiger partial charge in [-0.1, -0.05) is 6.92 Å². The fraction of sp³-hybridized carbons (Fsp3) is 0.615. The number of amides is 1. The number of thiophene rings is 1. The normalized spacial score (nSPS) is 19.3. The first-order valence-corrected chi connectivity index (χ1v) is 6.88. The molecule has 4 heteroatoms. The van der Waals surface area contributed by atoms with Crippen LogP contribution in [0.3, 0.4) is 0 Å². The van der Waals surface area contributed by atoms with Crippen molar-refractivity contribution in [3.05, 3.63) is 16.3 Å². The van der Waals surface area contributed by atoms with Gasteiger partial charge in [0.1, 0.15) is 5.60 Å². The van der Waals surface area contributed by atoms with Gasteiger partial charge in [0.05, 0.1) is 5.69 Å². The molecule has 0 radical (unpaired) electrons. The molecule has 1 unspecified atom stereocenters. The molecule has 0 N–H and O–H groups in total. The lowest BCUT2D eigenvalue weighted by Gasteiger charge is -2.24. The van der Waals surface area contributed by atoms with Gasteiger partial charge < -0.3 is 4.74 Å². The fourth-order valence-electron chi connectivity index (χ4n) is 2.05. The molecule has 1 aliphatic heterocycles. The summed E-state index contributed by atoms with van der Waals surface area (Å²) >= 11 is 1.73. The molecule has 3 nitrogen and oxygen atoms in total. The predicted molar refractivity (Wildman–Crippen MR) is 70.9 cm³/mol. The maximum Gasteiger partial charge on any atom is 0.414 e. The van der Waals surface area contributed by atoms with Gasteiger partial charge >= 0.3 is 6.09 Å². The Kier molecular flexibility index (Phi) is 3.17. The molecule has 0 fully saturated rings. The Balaban J connectivity index is 2.17. The Morgan fingerprint density at radius 1 is 1.59 bits per heavy atom. The number of rotatable bonds is 1. The lowest BCUT2D eigenvalue weighted by molar-refractivity contribution is 0.0582. The van der Waals surface area contributed by atoms with Gasteiger partial charge in [-0.25, -0.2) is 4.79 Å². The molecule has 17 heavy (non-hydrogen) atoms. The molecule has 2 rings (SSSR count). The van der Waals surface area contributed by atoms with Crippen LogP contribution in [0.4, 0.5) is 10.5 Å². The lowest BCUT2D eigenvalue weighted by atomic mass is 10.1. The molecule has 94 valence electrons. The van der Waals surface area contributed by atoms with Crippen molar-refractivity contribution in [2.75, 3.05) is 11.4 Å². The summed E-state index contributed by atoms with van der Waals surface area (Å²) in [5.41, 5.74) is 0.605. The first-order chi connectivity index (χ1) is 7.92. The second-order valence-corrected chi connectivity index (χ2v) is 6.31. The van der Waals surface area contributed by atoms with Gasteiger partial charge in [0.2, 0.25) is 0 Å². The minimum absolute atomic E-state index is 0.229. The van der Waals surface area contributed by atoms with Crippen molar-refractivity contribution in [2.45, 2.75) is 45.6 Å². The van der Waals surface area contributed by atoms with E-state index in [9.17, 15) is 4.79 Å². The third-order valence-electron chi connectivity index (χ3n) is 2.84. The molecule has 1 aromatic rings. The van der Waals surface area contributed by atoms with Crippen LogP contribution in [0.1, 0.15) is 44.9 Å². The molecule has 0 aliphatic carbocycles. The van der Waals surface area contributed by atoms with E-state index in [1.165, 1.54) is 4.88 Å². The second-order valence-electron chi connectivity index (χ2n) is 5.37. The van der Waals surface area contributed by atoms with E-state index in [1.54, 1.807) is 16.2 Å². The molecule has 1 atom stereocenters. The summed E-state index contributed by atoms with van der Waals surface area (Å²) in [5.74, 6) is 0.470. The Hall–Kier alpha value is -1.03. The number of hydrogen-bond acceptors (Lipinski definition) is 3. The van der Waals surface area contributed by atoms with Gasteiger partial charge in [0.25, 0.3) is 0 Å². The van der Waals surface area contributed by atoms with E-state index in [2.05, 4.69) is 6.92 Å². The summed E-state index contributed by atoms with van der Waals surface area (Å²) in [6, 6.07) is 2.01. The maximum atomic E-state index is 12.1. The quantitative estimate of drug-likeness (QED) is 0.757. The van der Waals surface area contributed by atoms with E-state index in [0.717, 1.165) is 18.7 Å². The summed E-state index contributed by atoms with van der Waals surface area (Å²) in [7, 11) is 0. The van der Waals surface area contributed by atoms with E-state index < -0.39 is 5.60 Å². The molecule has 2 heterocycles. The summed E-state index contributed by atoms with van der Waals surface area (Å²) < 4.78 is 5.43. The SMILES string of the molecule is CCC1CN(C(=O)OC(C)(C)C)c2ccsc21. The molecule has 0 saturated heterocycles. The van der Waals surface area contributed by atoms with Crippen LogP contribution < -0.4 is 4.90 Å². The number of carbonyl (C=O) groups excluding carboxylic acids is 1. The Morgan fingerprint density at radius 2 is 2.29 bits per heavy atom. The van der Waals surface area contributed by atoms with Crippen LogP contribution in [0.25, 0.3) is 0 Å². The van der Waals surface area contributed by atoms with Crippen LogP contribution in [-0.4, -0.2) is 18.2 Å². The Morgan fingerprint density at radius 3 is 2.88 bits per heavy atom. The number of ether oxygens (including phenoxy) is 1. The van der Waals surface area contributed by atoms with Crippen LogP contribution >= 0.6 is 11.3 Å². The average Bonchev–Trinajstić information content (AvgIpc) is 2.73. The zero-order chi connectivity index (χ0) is 12.6. The molecule has 0 aromatic carbocycles. The maximum absolute atomic E-state index is 12.1. The zero-order valence-electron chi connectivity index (χ0n) is 10.8. The van der Waals surface area contributed by atoms with Gasteiger partial charge in [-0.05, 0) is 38.6 Å². The first kappa shape index (κ1) is 12.4. The lowest BCUT2D eigenvalue weighted by Crippen LogP contribution is -2.36. The smallest absolute Gasteiger partial charge is 0.414 e. The third kappa shape index (κ3) is 2.46. The van der Waals surface area contributed by atoms with Crippen LogP contribution in [0.15, 0.2) is 11.4 Å². The van der Waals surface area contributed by atoms with E-state index in [4.69, 9.17) is 4.74 Å². The highest BCUT2D eigenvalue weighted by molar-refractivity contribution is 7.10. The standard InChI is InChI=1S/C13H19NO2S/c1-5-9-8-14(10-6-7-17-11(9)10)12(15)16-13(2,3)4/h6-7,9H,5,8H2,1-4H3. The summed E-state index contributed by atoms with van der Waals surface area (Å²) in [5, 5.41) is 2.05. The number of anilines is 1. The Labute approximate surface area is 106 Å². The summed E-state index contributed by atoms with van der Waals surface area (Å²) in [4.78, 5) is 15.2. The fourth-order valence-corrected chi connectivity index (χ4v) is 3.12. The van der Waals surface area contributed by atoms with E-state index in [0.29, 0.717) is 5.92 Å². The molecule has 0 spiro atoms. The summed E-state index contributed by atoms with van der Waals surface area (Å²) in [6.07, 6.45) is 0.834. The van der Waals surface area contributed by atoms with E-state index in [-0.39, 0.29) is 6.09 Å². The van der Waals surface area contributed by atoms with Crippen molar-refractivity contribution in [2.24, 2.45) is 0 Å². The number of hydrogen-bond donors (Lipinski definition) is 0. The van der Waals surface area contributed by atoms with Crippen molar-refractivity contribution in [1.29, 1.82) is 0 Å². The molecule has 1 amide bonds. The van der Waals surface area contributed by atoms with Gasteiger partial charge in [-0.3, -0.25) is 4.90 Å². The number of carbonyl (C=O) groups is 1. The number of fused-ring (bicyclic) bond motifs is 1. The first-order valence-electron chi connectivity index (χ1n) is 6.00. The van der Waals surface area contributed by atoms with Crippen LogP contribution in [-0.2, 0) is 4.74 Å². The molecule has 1 aliphatic rings. The minimum Gasteiger partial charge on any atom is -0.443 e. The van der Waals surface area contributed by atoms with E-state index >= 15 is 0 Å². The minimum atomic E-state index is -0.433. The van der Waals surface area contributed by atoms with Gasteiger partial charge in [0.15, 0.2) is 0 Å². The Bertz CT molecular complexity index is 419. The van der Waals surface area contributed by atoms with Gasteiger partial charge in [0, 0.05) is 17.3 Å². The third-order valence-corrected chi connectivity index (χ3v) is 3.91. The van der Waals surface area contributed by atoms with Crippen molar-refractivity contribution < 1.29 is 9.53 Å². The van der Waals surface area contributed by atoms with Gasteiger partial charge in [-0.15, -0.1) is 11.3 Å². The number of nitrogens with zero attached hydrogens (tertiary/aromatic N) is 1. The molecule has 0 saturated carbocycles. The van der Waals surface area contributed by atoms with Crippen molar-refractivity contribution in [1.82, 2.24) is 0 Å². The van der Waals surface area contributed by atoms with Crippen LogP contribution in [0.2, 0.25) is 0 Å². The molecular weight excluding hydrogens is 234 g/mol. The summed E-state index contributed by atoms with van der Waals surface area (Å²) in [6.45, 7) is 8.60. The topological polar surface area (TPSA) is 29.5 Å². The highest BCUT2D eigenvalue weighted by Crippen LogP contribution is 2.42. The zero-order valence-corrected chi connectivity index (χ0v) is 11.6. The van der Waals surface area contributed by atoms with Crippen molar-refractivity contribution >= 4 is 23.1 Å². The molecule has 0 bridgehead atoms. The van der Waals surface area contributed by atoms with E-state index in [1.807, 2.05) is 32.2 Å². The second kappa shape index (κ2) is 4.33. The van der Waals surface area contributed by atoms with Crippen LogP contribution in [0.5, 0.6) is 0 Å². The highest BCUT2D eigenvalue weighted by Gasteiger charge is 2.34. The average molecular weight is 253 g/mol. The molecule has 1 aromatic heterocycles. The van der Waals surface area contributed by atoms with Crippen molar-refractivity contribution in [3.8, 4) is 0 Å². The van der Waals surface area contributed by atoms with Crippen LogP contribution in [0, 0.1) is 0 Å². The van der Waals surface area contributed by atoms with Gasteiger partial charge in [-0.2, -0.15) is 0 Å². The van der Waals surface area contributed by atoms with Crippen molar-refractivity contribution in [3.63, 3.8) is 0 Å². The molecular formula is C13H19NO2S. The highest BCUT2D eigenvalue weighted by atomic mass is 32.1. The monoisotopic (exact) mass is 253 g/mol. The largest absolute Gasteiger partial charge is 0.443 e. The predicted octanol–water partition coefficient (Wildman–Crippen LogP) is 4.00.